The van der Waals surface area contributed by atoms with E-state index in [1.165, 1.54) is 0 Å². The van der Waals surface area contributed by atoms with Crippen LogP contribution in [0.4, 0.5) is 0 Å². The SMILES string of the molecule is COCCCOc1cc(C[C@@H](C[C@H](OS(C)(=O)=O)[C@@H]2C[C@@H](C(C)C)C(=O)O2)C(C)C)ccc1OC. The zero-order valence-electron chi connectivity index (χ0n) is 22.1. The molecule has 0 saturated carbocycles. The quantitative estimate of drug-likeness (QED) is 0.195. The average Bonchev–Trinajstić information content (AvgIpc) is 3.17. The maximum atomic E-state index is 12.4. The van der Waals surface area contributed by atoms with E-state index in [1.54, 1.807) is 14.2 Å². The van der Waals surface area contributed by atoms with Crippen molar-refractivity contribution in [1.82, 2.24) is 0 Å². The maximum absolute atomic E-state index is 12.4. The van der Waals surface area contributed by atoms with Crippen molar-refractivity contribution in [2.75, 3.05) is 33.7 Å². The van der Waals surface area contributed by atoms with Crippen LogP contribution in [0, 0.1) is 23.7 Å². The number of cyclic esters (lactones) is 1. The Morgan fingerprint density at radius 2 is 1.80 bits per heavy atom. The topological polar surface area (TPSA) is 97.4 Å². The minimum atomic E-state index is -3.73. The van der Waals surface area contributed by atoms with Gasteiger partial charge in [-0.25, -0.2) is 0 Å². The lowest BCUT2D eigenvalue weighted by Gasteiger charge is -2.29. The second kappa shape index (κ2) is 13.5. The van der Waals surface area contributed by atoms with Crippen LogP contribution in [0.2, 0.25) is 0 Å². The summed E-state index contributed by atoms with van der Waals surface area (Å²) in [6.45, 7) is 9.27. The van der Waals surface area contributed by atoms with Gasteiger partial charge >= 0.3 is 5.97 Å². The first kappa shape index (κ1) is 29.4. The standard InChI is InChI=1S/C26H42O8S/c1-17(2)20(13-19-9-10-22(31-6)23(14-19)32-12-8-11-30-5)15-25(34-35(7,28)29)24-16-21(18(3)4)26(27)33-24/h9-10,14,17-18,20-21,24-25H,8,11-13,15-16H2,1-7H3/t20-,21-,24-,25-/m0/s1. The van der Waals surface area contributed by atoms with Gasteiger partial charge in [-0.2, -0.15) is 8.42 Å². The first-order chi connectivity index (χ1) is 16.4. The van der Waals surface area contributed by atoms with E-state index >= 15 is 0 Å². The number of methoxy groups -OCH3 is 2. The molecule has 1 aliphatic heterocycles. The molecule has 35 heavy (non-hydrogen) atoms. The van der Waals surface area contributed by atoms with Crippen molar-refractivity contribution in [3.8, 4) is 11.5 Å². The van der Waals surface area contributed by atoms with E-state index in [9.17, 15) is 13.2 Å². The summed E-state index contributed by atoms with van der Waals surface area (Å²) in [6.07, 6.45) is 2.09. The van der Waals surface area contributed by atoms with E-state index in [0.717, 1.165) is 18.2 Å². The number of ether oxygens (including phenoxy) is 4. The number of hydrogen-bond acceptors (Lipinski definition) is 8. The maximum Gasteiger partial charge on any atom is 0.309 e. The van der Waals surface area contributed by atoms with E-state index in [1.807, 2.05) is 32.0 Å². The minimum absolute atomic E-state index is 0.0910. The summed E-state index contributed by atoms with van der Waals surface area (Å²) in [7, 11) is -0.467. The lowest BCUT2D eigenvalue weighted by molar-refractivity contribution is -0.148. The molecule has 1 aromatic carbocycles. The smallest absolute Gasteiger partial charge is 0.309 e. The van der Waals surface area contributed by atoms with Crippen LogP contribution in [0.25, 0.3) is 0 Å². The fourth-order valence-electron chi connectivity index (χ4n) is 4.42. The molecule has 2 rings (SSSR count). The summed E-state index contributed by atoms with van der Waals surface area (Å²) in [5.74, 6) is 1.25. The van der Waals surface area contributed by atoms with Gasteiger partial charge in [0.15, 0.2) is 11.5 Å². The highest BCUT2D eigenvalue weighted by Crippen LogP contribution is 2.36. The highest BCUT2D eigenvalue weighted by atomic mass is 32.2. The van der Waals surface area contributed by atoms with Crippen molar-refractivity contribution in [2.24, 2.45) is 23.7 Å². The van der Waals surface area contributed by atoms with Gasteiger partial charge in [0.25, 0.3) is 10.1 Å². The number of benzene rings is 1. The summed E-state index contributed by atoms with van der Waals surface area (Å²) in [6, 6.07) is 5.85. The molecule has 4 atom stereocenters. The number of carbonyl (C=O) groups is 1. The summed E-state index contributed by atoms with van der Waals surface area (Å²) in [5.41, 5.74) is 1.05. The third kappa shape index (κ3) is 9.28. The van der Waals surface area contributed by atoms with E-state index in [-0.39, 0.29) is 29.6 Å². The molecule has 8 nitrogen and oxygen atoms in total. The summed E-state index contributed by atoms with van der Waals surface area (Å²) in [5, 5.41) is 0. The molecular formula is C26H42O8S. The molecule has 0 spiro atoms. The van der Waals surface area contributed by atoms with Gasteiger partial charge in [-0.3, -0.25) is 8.98 Å². The summed E-state index contributed by atoms with van der Waals surface area (Å²) in [4.78, 5) is 12.4. The fraction of sp³-hybridized carbons (Fsp3) is 0.731. The van der Waals surface area contributed by atoms with Crippen LogP contribution in [-0.4, -0.2) is 60.3 Å². The first-order valence-electron chi connectivity index (χ1n) is 12.3. The van der Waals surface area contributed by atoms with E-state index < -0.39 is 22.3 Å². The van der Waals surface area contributed by atoms with Crippen LogP contribution < -0.4 is 9.47 Å². The predicted octanol–water partition coefficient (Wildman–Crippen LogP) is 4.25. The van der Waals surface area contributed by atoms with Crippen LogP contribution in [-0.2, 0) is 35.0 Å². The van der Waals surface area contributed by atoms with Crippen molar-refractivity contribution >= 4 is 16.1 Å². The highest BCUT2D eigenvalue weighted by molar-refractivity contribution is 7.86. The second-order valence-electron chi connectivity index (χ2n) is 10.0. The molecule has 1 aliphatic rings. The minimum Gasteiger partial charge on any atom is -0.493 e. The molecule has 1 saturated heterocycles. The van der Waals surface area contributed by atoms with Gasteiger partial charge in [0.05, 0.1) is 25.9 Å². The van der Waals surface area contributed by atoms with Gasteiger partial charge in [-0.05, 0) is 48.3 Å². The monoisotopic (exact) mass is 514 g/mol. The zero-order valence-corrected chi connectivity index (χ0v) is 22.9. The van der Waals surface area contributed by atoms with Crippen LogP contribution >= 0.6 is 0 Å². The lowest BCUT2D eigenvalue weighted by Crippen LogP contribution is -2.34. The van der Waals surface area contributed by atoms with Crippen molar-refractivity contribution < 1.29 is 36.3 Å². The average molecular weight is 515 g/mol. The summed E-state index contributed by atoms with van der Waals surface area (Å²) >= 11 is 0. The molecule has 0 N–H and O–H groups in total. The van der Waals surface area contributed by atoms with Gasteiger partial charge < -0.3 is 18.9 Å². The van der Waals surface area contributed by atoms with Gasteiger partial charge in [-0.15, -0.1) is 0 Å². The third-order valence-electron chi connectivity index (χ3n) is 6.53. The van der Waals surface area contributed by atoms with Crippen LogP contribution in [0.3, 0.4) is 0 Å². The molecule has 200 valence electrons. The molecule has 0 amide bonds. The number of esters is 1. The molecule has 0 bridgehead atoms. The Hall–Kier alpha value is -1.84. The Morgan fingerprint density at radius 3 is 2.34 bits per heavy atom. The Kier molecular flexibility index (Phi) is 11.3. The molecule has 1 aromatic rings. The van der Waals surface area contributed by atoms with Gasteiger partial charge in [0.2, 0.25) is 0 Å². The van der Waals surface area contributed by atoms with E-state index in [2.05, 4.69) is 13.8 Å². The van der Waals surface area contributed by atoms with Crippen molar-refractivity contribution in [2.45, 2.75) is 65.6 Å². The van der Waals surface area contributed by atoms with E-state index in [4.69, 9.17) is 23.1 Å². The molecule has 0 aromatic heterocycles. The highest BCUT2D eigenvalue weighted by Gasteiger charge is 2.42. The van der Waals surface area contributed by atoms with Gasteiger partial charge in [0.1, 0.15) is 12.2 Å². The molecule has 0 unspecified atom stereocenters. The molecule has 1 fully saturated rings. The normalized spacial score (nSPS) is 20.2. The Bertz CT molecular complexity index is 912. The fourth-order valence-corrected chi connectivity index (χ4v) is 5.07. The molecule has 0 aliphatic carbocycles. The Morgan fingerprint density at radius 1 is 1.09 bits per heavy atom. The van der Waals surface area contributed by atoms with Crippen molar-refractivity contribution in [1.29, 1.82) is 0 Å². The Balaban J connectivity index is 2.21. The second-order valence-corrected chi connectivity index (χ2v) is 11.6. The molecule has 0 radical (unpaired) electrons. The predicted molar refractivity (Wildman–Crippen MR) is 134 cm³/mol. The molecular weight excluding hydrogens is 472 g/mol. The number of hydrogen-bond donors (Lipinski definition) is 0. The third-order valence-corrected chi connectivity index (χ3v) is 7.13. The number of carbonyl (C=O) groups excluding carboxylic acids is 1. The molecule has 1 heterocycles. The number of rotatable bonds is 15. The summed E-state index contributed by atoms with van der Waals surface area (Å²) < 4.78 is 51.7. The van der Waals surface area contributed by atoms with Gasteiger partial charge in [-0.1, -0.05) is 33.8 Å². The Labute approximate surface area is 210 Å². The zero-order chi connectivity index (χ0) is 26.2. The van der Waals surface area contributed by atoms with Crippen LogP contribution in [0.1, 0.15) is 52.5 Å². The molecule has 9 heteroatoms. The van der Waals surface area contributed by atoms with Gasteiger partial charge in [0, 0.05) is 26.6 Å². The van der Waals surface area contributed by atoms with Crippen molar-refractivity contribution in [3.05, 3.63) is 23.8 Å². The van der Waals surface area contributed by atoms with Crippen LogP contribution in [0.15, 0.2) is 18.2 Å². The largest absolute Gasteiger partial charge is 0.493 e. The first-order valence-corrected chi connectivity index (χ1v) is 14.1. The van der Waals surface area contributed by atoms with E-state index in [0.29, 0.717) is 44.0 Å². The lowest BCUT2D eigenvalue weighted by atomic mass is 9.82. The van der Waals surface area contributed by atoms with Crippen molar-refractivity contribution in [3.63, 3.8) is 0 Å². The van der Waals surface area contributed by atoms with Crippen LogP contribution in [0.5, 0.6) is 11.5 Å².